The Hall–Kier alpha value is -2.01. The lowest BCUT2D eigenvalue weighted by Crippen LogP contribution is -2.36. The molecule has 0 saturated carbocycles. The third-order valence-corrected chi connectivity index (χ3v) is 2.80. The van der Waals surface area contributed by atoms with Crippen LogP contribution in [-0.4, -0.2) is 51.7 Å². The molecule has 0 atom stereocenters. The fourth-order valence-corrected chi connectivity index (χ4v) is 1.67. The number of guanidine groups is 1. The van der Waals surface area contributed by atoms with Gasteiger partial charge >= 0.3 is 0 Å². The molecule has 1 aromatic rings. The maximum absolute atomic E-state index is 5.73. The van der Waals surface area contributed by atoms with Gasteiger partial charge in [-0.05, 0) is 31.8 Å². The predicted molar refractivity (Wildman–Crippen MR) is 88.9 cm³/mol. The highest BCUT2D eigenvalue weighted by Gasteiger charge is 2.00. The summed E-state index contributed by atoms with van der Waals surface area (Å²) in [6.07, 6.45) is 1.80. The fourth-order valence-electron chi connectivity index (χ4n) is 1.67. The molecule has 0 bridgehead atoms. The maximum atomic E-state index is 5.73. The molecule has 0 heterocycles. The topological polar surface area (TPSA) is 48.9 Å². The Bertz CT molecular complexity index is 457. The standard InChI is InChI=1S/C16H26N4O/c1-5-9-18-16(17-2)19-13-14-7-6-8-15(12-14)21-11-10-20(3)4/h5-8,12H,1,9-11,13H2,2-4H3,(H2,17,18,19). The summed E-state index contributed by atoms with van der Waals surface area (Å²) >= 11 is 0. The molecule has 1 rings (SSSR count). The van der Waals surface area contributed by atoms with Gasteiger partial charge in [-0.15, -0.1) is 6.58 Å². The largest absolute Gasteiger partial charge is 0.492 e. The van der Waals surface area contributed by atoms with Gasteiger partial charge in [0.25, 0.3) is 0 Å². The summed E-state index contributed by atoms with van der Waals surface area (Å²) in [7, 11) is 5.82. The van der Waals surface area contributed by atoms with Crippen molar-refractivity contribution >= 4 is 5.96 Å². The first-order valence-electron chi connectivity index (χ1n) is 7.07. The van der Waals surface area contributed by atoms with Crippen molar-refractivity contribution < 1.29 is 4.74 Å². The Balaban J connectivity index is 2.46. The Kier molecular flexibility index (Phi) is 7.97. The van der Waals surface area contributed by atoms with Gasteiger partial charge in [0.05, 0.1) is 0 Å². The zero-order valence-electron chi connectivity index (χ0n) is 13.2. The van der Waals surface area contributed by atoms with Crippen molar-refractivity contribution in [2.24, 2.45) is 4.99 Å². The van der Waals surface area contributed by atoms with Crippen LogP contribution in [-0.2, 0) is 6.54 Å². The number of benzene rings is 1. The maximum Gasteiger partial charge on any atom is 0.191 e. The van der Waals surface area contributed by atoms with Crippen molar-refractivity contribution in [2.75, 3.05) is 40.8 Å². The van der Waals surface area contributed by atoms with E-state index >= 15 is 0 Å². The van der Waals surface area contributed by atoms with Gasteiger partial charge in [0, 0.05) is 26.7 Å². The van der Waals surface area contributed by atoms with Gasteiger partial charge in [0.15, 0.2) is 5.96 Å². The molecular weight excluding hydrogens is 264 g/mol. The first-order valence-corrected chi connectivity index (χ1v) is 7.07. The molecule has 0 saturated heterocycles. The third-order valence-electron chi connectivity index (χ3n) is 2.80. The minimum absolute atomic E-state index is 0.687. The molecule has 0 radical (unpaired) electrons. The minimum Gasteiger partial charge on any atom is -0.492 e. The summed E-state index contributed by atoms with van der Waals surface area (Å²) in [6, 6.07) is 8.09. The molecule has 0 unspecified atom stereocenters. The summed E-state index contributed by atoms with van der Waals surface area (Å²) in [5.41, 5.74) is 1.15. The van der Waals surface area contributed by atoms with Crippen LogP contribution in [0.4, 0.5) is 0 Å². The lowest BCUT2D eigenvalue weighted by Gasteiger charge is -2.13. The molecule has 116 valence electrons. The average molecular weight is 290 g/mol. The third kappa shape index (κ3) is 7.37. The van der Waals surface area contributed by atoms with Crippen molar-refractivity contribution in [1.82, 2.24) is 15.5 Å². The van der Waals surface area contributed by atoms with Crippen LogP contribution in [0.2, 0.25) is 0 Å². The number of hydrogen-bond donors (Lipinski definition) is 2. The molecule has 0 fully saturated rings. The van der Waals surface area contributed by atoms with E-state index in [2.05, 4.69) is 33.2 Å². The van der Waals surface area contributed by atoms with Crippen molar-refractivity contribution in [1.29, 1.82) is 0 Å². The Labute approximate surface area is 127 Å². The highest BCUT2D eigenvalue weighted by Crippen LogP contribution is 2.13. The quantitative estimate of drug-likeness (QED) is 0.432. The van der Waals surface area contributed by atoms with Gasteiger partial charge in [-0.25, -0.2) is 0 Å². The monoisotopic (exact) mass is 290 g/mol. The van der Waals surface area contributed by atoms with Crippen LogP contribution in [0.3, 0.4) is 0 Å². The van der Waals surface area contributed by atoms with Crippen molar-refractivity contribution in [2.45, 2.75) is 6.54 Å². The van der Waals surface area contributed by atoms with Crippen LogP contribution in [0.15, 0.2) is 41.9 Å². The van der Waals surface area contributed by atoms with E-state index in [-0.39, 0.29) is 0 Å². The van der Waals surface area contributed by atoms with E-state index in [1.54, 1.807) is 13.1 Å². The highest BCUT2D eigenvalue weighted by atomic mass is 16.5. The molecule has 0 aromatic heterocycles. The van der Waals surface area contributed by atoms with Gasteiger partial charge in [-0.1, -0.05) is 18.2 Å². The smallest absolute Gasteiger partial charge is 0.191 e. The molecular formula is C16H26N4O. The molecule has 1 aromatic carbocycles. The van der Waals surface area contributed by atoms with Crippen LogP contribution in [0, 0.1) is 0 Å². The van der Waals surface area contributed by atoms with E-state index in [4.69, 9.17) is 4.74 Å². The summed E-state index contributed by atoms with van der Waals surface area (Å²) in [5, 5.41) is 6.38. The van der Waals surface area contributed by atoms with Crippen LogP contribution >= 0.6 is 0 Å². The number of nitrogens with one attached hydrogen (secondary N) is 2. The fraction of sp³-hybridized carbons (Fsp3) is 0.438. The predicted octanol–water partition coefficient (Wildman–Crippen LogP) is 1.48. The molecule has 0 aliphatic carbocycles. The second-order valence-corrected chi connectivity index (χ2v) is 4.89. The number of hydrogen-bond acceptors (Lipinski definition) is 3. The lowest BCUT2D eigenvalue weighted by atomic mass is 10.2. The van der Waals surface area contributed by atoms with E-state index in [0.717, 1.165) is 23.8 Å². The first kappa shape index (κ1) is 17.0. The second kappa shape index (κ2) is 9.83. The van der Waals surface area contributed by atoms with E-state index in [9.17, 15) is 0 Å². The van der Waals surface area contributed by atoms with Crippen LogP contribution < -0.4 is 15.4 Å². The van der Waals surface area contributed by atoms with E-state index in [1.165, 1.54) is 0 Å². The van der Waals surface area contributed by atoms with Crippen molar-refractivity contribution in [3.05, 3.63) is 42.5 Å². The molecule has 5 heteroatoms. The molecule has 0 spiro atoms. The average Bonchev–Trinajstić information content (AvgIpc) is 2.47. The van der Waals surface area contributed by atoms with Crippen LogP contribution in [0.1, 0.15) is 5.56 Å². The first-order chi connectivity index (χ1) is 10.2. The summed E-state index contributed by atoms with van der Waals surface area (Å²) in [5.74, 6) is 1.65. The van der Waals surface area contributed by atoms with Gasteiger partial charge in [0.2, 0.25) is 0 Å². The molecule has 2 N–H and O–H groups in total. The molecule has 5 nitrogen and oxygen atoms in total. The zero-order valence-corrected chi connectivity index (χ0v) is 13.2. The Morgan fingerprint density at radius 2 is 2.19 bits per heavy atom. The Morgan fingerprint density at radius 3 is 2.86 bits per heavy atom. The molecule has 21 heavy (non-hydrogen) atoms. The van der Waals surface area contributed by atoms with E-state index in [1.807, 2.05) is 32.3 Å². The lowest BCUT2D eigenvalue weighted by molar-refractivity contribution is 0.261. The number of likely N-dealkylation sites (N-methyl/N-ethyl adjacent to an activating group) is 1. The second-order valence-electron chi connectivity index (χ2n) is 4.89. The van der Waals surface area contributed by atoms with Crippen LogP contribution in [0.5, 0.6) is 5.75 Å². The van der Waals surface area contributed by atoms with Gasteiger partial charge < -0.3 is 20.3 Å². The molecule has 0 aliphatic rings. The summed E-state index contributed by atoms with van der Waals surface area (Å²) < 4.78 is 5.73. The van der Waals surface area contributed by atoms with Gasteiger partial charge in [-0.2, -0.15) is 0 Å². The SMILES string of the molecule is C=CCNC(=NC)NCc1cccc(OCCN(C)C)c1. The number of rotatable bonds is 8. The van der Waals surface area contributed by atoms with Gasteiger partial charge in [-0.3, -0.25) is 4.99 Å². The normalized spacial score (nSPS) is 11.3. The van der Waals surface area contributed by atoms with E-state index in [0.29, 0.717) is 19.7 Å². The van der Waals surface area contributed by atoms with Crippen molar-refractivity contribution in [3.63, 3.8) is 0 Å². The summed E-state index contributed by atoms with van der Waals surface area (Å²) in [4.78, 5) is 6.24. The van der Waals surface area contributed by atoms with Gasteiger partial charge in [0.1, 0.15) is 12.4 Å². The molecule has 0 amide bonds. The number of aliphatic imine (C=N–C) groups is 1. The highest BCUT2D eigenvalue weighted by molar-refractivity contribution is 5.79. The molecule has 0 aliphatic heterocycles. The number of nitrogens with zero attached hydrogens (tertiary/aromatic N) is 2. The van der Waals surface area contributed by atoms with Crippen LogP contribution in [0.25, 0.3) is 0 Å². The van der Waals surface area contributed by atoms with Crippen molar-refractivity contribution in [3.8, 4) is 5.75 Å². The van der Waals surface area contributed by atoms with E-state index < -0.39 is 0 Å². The zero-order chi connectivity index (χ0) is 15.5. The Morgan fingerprint density at radius 1 is 1.38 bits per heavy atom. The number of ether oxygens (including phenoxy) is 1. The summed E-state index contributed by atoms with van der Waals surface area (Å²) in [6.45, 7) is 6.65. The minimum atomic E-state index is 0.687.